The second kappa shape index (κ2) is 5.84. The van der Waals surface area contributed by atoms with Crippen LogP contribution < -0.4 is 0 Å². The molecule has 0 saturated heterocycles. The van der Waals surface area contributed by atoms with Gasteiger partial charge in [0, 0.05) is 22.8 Å². The third-order valence-electron chi connectivity index (χ3n) is 5.05. The van der Waals surface area contributed by atoms with Crippen molar-refractivity contribution in [1.29, 1.82) is 0 Å². The topological polar surface area (TPSA) is 38.7 Å². The molecule has 4 rings (SSSR count). The lowest BCUT2D eigenvalue weighted by atomic mass is 9.77. The molecule has 0 aromatic carbocycles. The largest absolute Gasteiger partial charge is 0.244 e. The minimum Gasteiger partial charge on any atom is -0.244 e. The number of rotatable bonds is 3. The van der Waals surface area contributed by atoms with E-state index in [0.717, 1.165) is 28.8 Å². The van der Waals surface area contributed by atoms with Crippen molar-refractivity contribution in [2.45, 2.75) is 51.4 Å². The molecule has 0 N–H and O–H groups in total. The maximum Gasteiger partial charge on any atom is 0.126 e. The minimum absolute atomic E-state index is 0.931. The van der Waals surface area contributed by atoms with Crippen molar-refractivity contribution in [3.63, 3.8) is 0 Å². The van der Waals surface area contributed by atoms with E-state index in [4.69, 9.17) is 4.98 Å². The van der Waals surface area contributed by atoms with E-state index in [9.17, 15) is 0 Å². The predicted molar refractivity (Wildman–Crippen MR) is 85.2 cm³/mol. The van der Waals surface area contributed by atoms with E-state index in [2.05, 4.69) is 9.97 Å². The second-order valence-electron chi connectivity index (χ2n) is 6.49. The molecule has 1 saturated carbocycles. The first-order valence-electron chi connectivity index (χ1n) is 8.12. The number of hydrogen-bond acceptors (Lipinski definition) is 4. The highest BCUT2D eigenvalue weighted by Gasteiger charge is 2.25. The van der Waals surface area contributed by atoms with E-state index in [1.165, 1.54) is 55.5 Å². The Balaban J connectivity index is 1.46. The number of fused-ring (bicyclic) bond motifs is 1. The van der Waals surface area contributed by atoms with Crippen LogP contribution >= 0.6 is 11.3 Å². The Hall–Kier alpha value is -1.29. The average molecular weight is 299 g/mol. The van der Waals surface area contributed by atoms with E-state index in [1.54, 1.807) is 6.33 Å². The van der Waals surface area contributed by atoms with Crippen LogP contribution in [-0.2, 0) is 12.8 Å². The van der Waals surface area contributed by atoms with Gasteiger partial charge >= 0.3 is 0 Å². The van der Waals surface area contributed by atoms with Crippen LogP contribution in [0.3, 0.4) is 0 Å². The van der Waals surface area contributed by atoms with E-state index >= 15 is 0 Å². The standard InChI is InChI=1S/C17H21N3S/c1-2-12(3-1)8-13-4-6-15-16(7-5-13)21-17(20-15)14-9-18-11-19-10-14/h9-13H,1-8H2. The molecule has 0 amide bonds. The Morgan fingerprint density at radius 2 is 1.76 bits per heavy atom. The molecule has 2 aromatic heterocycles. The normalized spacial score (nSPS) is 22.4. The van der Waals surface area contributed by atoms with Gasteiger partial charge in [0.15, 0.2) is 0 Å². The molecule has 21 heavy (non-hydrogen) atoms. The molecule has 2 heterocycles. The lowest BCUT2D eigenvalue weighted by Gasteiger charge is -2.29. The summed E-state index contributed by atoms with van der Waals surface area (Å²) in [5.41, 5.74) is 2.40. The van der Waals surface area contributed by atoms with Gasteiger partial charge in [-0.2, -0.15) is 0 Å². The molecular weight excluding hydrogens is 278 g/mol. The molecule has 2 aromatic rings. The molecular formula is C17H21N3S. The SMILES string of the molecule is c1ncc(-c2nc3c(s2)CCC(CC2CCC2)CC3)cn1. The van der Waals surface area contributed by atoms with Crippen LogP contribution in [0, 0.1) is 11.8 Å². The zero-order valence-corrected chi connectivity index (χ0v) is 13.1. The molecule has 1 fully saturated rings. The number of thiazole rings is 1. The highest BCUT2D eigenvalue weighted by atomic mass is 32.1. The Morgan fingerprint density at radius 3 is 2.52 bits per heavy atom. The maximum atomic E-state index is 4.87. The molecule has 3 nitrogen and oxygen atoms in total. The van der Waals surface area contributed by atoms with Gasteiger partial charge < -0.3 is 0 Å². The summed E-state index contributed by atoms with van der Waals surface area (Å²) in [6.07, 6.45) is 16.3. The summed E-state index contributed by atoms with van der Waals surface area (Å²) in [4.78, 5) is 14.6. The van der Waals surface area contributed by atoms with Gasteiger partial charge in [0.05, 0.1) is 5.69 Å². The molecule has 2 aliphatic rings. The molecule has 0 bridgehead atoms. The molecule has 1 atom stereocenters. The zero-order chi connectivity index (χ0) is 14.1. The molecule has 2 aliphatic carbocycles. The van der Waals surface area contributed by atoms with Crippen molar-refractivity contribution in [1.82, 2.24) is 15.0 Å². The Labute approximate surface area is 129 Å². The fourth-order valence-electron chi connectivity index (χ4n) is 3.56. The highest BCUT2D eigenvalue weighted by molar-refractivity contribution is 7.15. The van der Waals surface area contributed by atoms with Gasteiger partial charge in [-0.15, -0.1) is 11.3 Å². The van der Waals surface area contributed by atoms with Crippen molar-refractivity contribution in [2.75, 3.05) is 0 Å². The van der Waals surface area contributed by atoms with Gasteiger partial charge in [-0.1, -0.05) is 19.3 Å². The van der Waals surface area contributed by atoms with E-state index in [-0.39, 0.29) is 0 Å². The Bertz CT molecular complexity index is 578. The summed E-state index contributed by atoms with van der Waals surface area (Å²) in [5.74, 6) is 1.97. The summed E-state index contributed by atoms with van der Waals surface area (Å²) in [5, 5.41) is 1.10. The van der Waals surface area contributed by atoms with Crippen LogP contribution in [-0.4, -0.2) is 15.0 Å². The van der Waals surface area contributed by atoms with Crippen LogP contribution in [0.15, 0.2) is 18.7 Å². The van der Waals surface area contributed by atoms with Gasteiger partial charge in [0.2, 0.25) is 0 Å². The lowest BCUT2D eigenvalue weighted by Crippen LogP contribution is -2.16. The third-order valence-corrected chi connectivity index (χ3v) is 6.25. The second-order valence-corrected chi connectivity index (χ2v) is 7.58. The lowest BCUT2D eigenvalue weighted by molar-refractivity contribution is 0.237. The highest BCUT2D eigenvalue weighted by Crippen LogP contribution is 2.38. The fourth-order valence-corrected chi connectivity index (χ4v) is 4.66. The third kappa shape index (κ3) is 2.86. The first kappa shape index (κ1) is 13.4. The number of aryl methyl sites for hydroxylation is 2. The van der Waals surface area contributed by atoms with Gasteiger partial charge in [0.1, 0.15) is 11.3 Å². The van der Waals surface area contributed by atoms with Crippen molar-refractivity contribution in [2.24, 2.45) is 11.8 Å². The summed E-state index contributed by atoms with van der Waals surface area (Å²) >= 11 is 1.85. The zero-order valence-electron chi connectivity index (χ0n) is 12.3. The van der Waals surface area contributed by atoms with Crippen molar-refractivity contribution < 1.29 is 0 Å². The first-order chi connectivity index (χ1) is 10.4. The number of hydrogen-bond donors (Lipinski definition) is 0. The number of nitrogens with zero attached hydrogens (tertiary/aromatic N) is 3. The number of aromatic nitrogens is 3. The predicted octanol–water partition coefficient (Wildman–Crippen LogP) is 4.29. The van der Waals surface area contributed by atoms with Gasteiger partial charge in [0.25, 0.3) is 0 Å². The van der Waals surface area contributed by atoms with Crippen molar-refractivity contribution in [3.05, 3.63) is 29.3 Å². The summed E-state index contributed by atoms with van der Waals surface area (Å²) < 4.78 is 0. The van der Waals surface area contributed by atoms with Crippen LogP contribution in [0.2, 0.25) is 0 Å². The van der Waals surface area contributed by atoms with Crippen LogP contribution in [0.5, 0.6) is 0 Å². The van der Waals surface area contributed by atoms with Crippen molar-refractivity contribution >= 4 is 11.3 Å². The molecule has 110 valence electrons. The summed E-state index contributed by atoms with van der Waals surface area (Å²) in [7, 11) is 0. The summed E-state index contributed by atoms with van der Waals surface area (Å²) in [6.45, 7) is 0. The minimum atomic E-state index is 0.931. The summed E-state index contributed by atoms with van der Waals surface area (Å²) in [6, 6.07) is 0. The molecule has 0 radical (unpaired) electrons. The quantitative estimate of drug-likeness (QED) is 0.794. The van der Waals surface area contributed by atoms with Gasteiger partial charge in [-0.05, 0) is 43.9 Å². The Morgan fingerprint density at radius 1 is 1.00 bits per heavy atom. The van der Waals surface area contributed by atoms with Crippen molar-refractivity contribution in [3.8, 4) is 10.6 Å². The van der Waals surface area contributed by atoms with Crippen LogP contribution in [0.1, 0.15) is 49.1 Å². The smallest absolute Gasteiger partial charge is 0.126 e. The molecule has 0 aliphatic heterocycles. The van der Waals surface area contributed by atoms with Crippen LogP contribution in [0.25, 0.3) is 10.6 Å². The monoisotopic (exact) mass is 299 g/mol. The molecule has 1 unspecified atom stereocenters. The van der Waals surface area contributed by atoms with Gasteiger partial charge in [-0.25, -0.2) is 15.0 Å². The molecule has 0 spiro atoms. The first-order valence-corrected chi connectivity index (χ1v) is 8.94. The van der Waals surface area contributed by atoms with E-state index < -0.39 is 0 Å². The average Bonchev–Trinajstić information content (AvgIpc) is 2.80. The maximum absolute atomic E-state index is 4.87. The fraction of sp³-hybridized carbons (Fsp3) is 0.588. The van der Waals surface area contributed by atoms with Crippen LogP contribution in [0.4, 0.5) is 0 Å². The van der Waals surface area contributed by atoms with E-state index in [0.29, 0.717) is 0 Å². The Kier molecular flexibility index (Phi) is 3.72. The molecule has 4 heteroatoms. The van der Waals surface area contributed by atoms with Gasteiger partial charge in [-0.3, -0.25) is 0 Å². The van der Waals surface area contributed by atoms with E-state index in [1.807, 2.05) is 23.7 Å².